The van der Waals surface area contributed by atoms with Crippen LogP contribution in [0.5, 0.6) is 5.75 Å². The Bertz CT molecular complexity index is 1390. The van der Waals surface area contributed by atoms with Gasteiger partial charge in [0.15, 0.2) is 4.80 Å². The number of halogens is 1. The van der Waals surface area contributed by atoms with Crippen LogP contribution in [0.3, 0.4) is 0 Å². The van der Waals surface area contributed by atoms with Gasteiger partial charge in [-0.2, -0.15) is 0 Å². The fraction of sp³-hybridized carbons (Fsp3) is 0.208. The summed E-state index contributed by atoms with van der Waals surface area (Å²) in [4.78, 5) is 31.4. The summed E-state index contributed by atoms with van der Waals surface area (Å²) in [5, 5.41) is 0.457. The van der Waals surface area contributed by atoms with E-state index in [2.05, 4.69) is 4.99 Å². The first kappa shape index (κ1) is 22.0. The second-order valence-electron chi connectivity index (χ2n) is 7.10. The van der Waals surface area contributed by atoms with Gasteiger partial charge in [-0.1, -0.05) is 53.3 Å². The normalized spacial score (nSPS) is 15.9. The molecular formula is C24H21ClN2O4S. The first-order valence-electron chi connectivity index (χ1n) is 10.0. The Morgan fingerprint density at radius 3 is 2.59 bits per heavy atom. The number of hydrogen-bond acceptors (Lipinski definition) is 6. The fourth-order valence-electron chi connectivity index (χ4n) is 3.63. The molecule has 1 atom stereocenters. The highest BCUT2D eigenvalue weighted by atomic mass is 35.5. The standard InChI is InChI=1S/C24H21ClN2O4S/c1-4-31-23(29)20-14(2)26-24-27(21(20)17-7-5-6-8-18(17)25)22(28)19(32-24)13-15-9-11-16(30-3)12-10-15/h5-13,21H,4H2,1-3H3/b19-13+/t21-/m0/s1. The lowest BCUT2D eigenvalue weighted by Gasteiger charge is -2.25. The quantitative estimate of drug-likeness (QED) is 0.538. The lowest BCUT2D eigenvalue weighted by Crippen LogP contribution is -2.40. The summed E-state index contributed by atoms with van der Waals surface area (Å²) >= 11 is 7.77. The Hall–Kier alpha value is -3.16. The van der Waals surface area contributed by atoms with Crippen LogP contribution in [0.25, 0.3) is 6.08 Å². The average molecular weight is 469 g/mol. The first-order chi connectivity index (χ1) is 15.4. The molecule has 0 aliphatic carbocycles. The zero-order chi connectivity index (χ0) is 22.8. The van der Waals surface area contributed by atoms with Crippen molar-refractivity contribution in [2.45, 2.75) is 19.9 Å². The highest BCUT2D eigenvalue weighted by molar-refractivity contribution is 7.07. The molecule has 0 saturated carbocycles. The number of carbonyl (C=O) groups is 1. The third kappa shape index (κ3) is 4.01. The van der Waals surface area contributed by atoms with E-state index in [9.17, 15) is 9.59 Å². The van der Waals surface area contributed by atoms with E-state index in [1.54, 1.807) is 39.2 Å². The summed E-state index contributed by atoms with van der Waals surface area (Å²) in [6.45, 7) is 3.70. The monoisotopic (exact) mass is 468 g/mol. The maximum Gasteiger partial charge on any atom is 0.338 e. The molecule has 0 saturated heterocycles. The number of benzene rings is 2. The first-order valence-corrected chi connectivity index (χ1v) is 11.2. The summed E-state index contributed by atoms with van der Waals surface area (Å²) < 4.78 is 12.5. The van der Waals surface area contributed by atoms with E-state index in [0.717, 1.165) is 11.3 Å². The Morgan fingerprint density at radius 2 is 1.94 bits per heavy atom. The number of thiazole rings is 1. The highest BCUT2D eigenvalue weighted by Crippen LogP contribution is 2.34. The van der Waals surface area contributed by atoms with Gasteiger partial charge in [-0.15, -0.1) is 0 Å². The molecule has 0 amide bonds. The fourth-order valence-corrected chi connectivity index (χ4v) is 4.92. The highest BCUT2D eigenvalue weighted by Gasteiger charge is 2.34. The summed E-state index contributed by atoms with van der Waals surface area (Å²) in [6.07, 6.45) is 1.80. The van der Waals surface area contributed by atoms with Crippen molar-refractivity contribution in [3.63, 3.8) is 0 Å². The molecule has 0 fully saturated rings. The third-order valence-electron chi connectivity index (χ3n) is 5.13. The van der Waals surface area contributed by atoms with Gasteiger partial charge in [0.2, 0.25) is 0 Å². The number of fused-ring (bicyclic) bond motifs is 1. The number of aromatic nitrogens is 1. The van der Waals surface area contributed by atoms with Crippen LogP contribution in [0.4, 0.5) is 0 Å². The molecule has 32 heavy (non-hydrogen) atoms. The number of hydrogen-bond donors (Lipinski definition) is 0. The van der Waals surface area contributed by atoms with Crippen molar-refractivity contribution in [2.75, 3.05) is 13.7 Å². The van der Waals surface area contributed by atoms with Crippen molar-refractivity contribution >= 4 is 35.0 Å². The molecule has 0 bridgehead atoms. The second-order valence-corrected chi connectivity index (χ2v) is 8.51. The smallest absolute Gasteiger partial charge is 0.338 e. The minimum atomic E-state index is -0.725. The van der Waals surface area contributed by atoms with Gasteiger partial charge in [-0.05, 0) is 49.2 Å². The molecule has 1 aliphatic rings. The Labute approximate surface area is 193 Å². The zero-order valence-electron chi connectivity index (χ0n) is 17.8. The van der Waals surface area contributed by atoms with Crippen LogP contribution >= 0.6 is 22.9 Å². The number of carbonyl (C=O) groups excluding carboxylic acids is 1. The number of methoxy groups -OCH3 is 1. The molecule has 3 aromatic rings. The van der Waals surface area contributed by atoms with E-state index in [1.807, 2.05) is 36.4 Å². The zero-order valence-corrected chi connectivity index (χ0v) is 19.4. The SMILES string of the molecule is CCOC(=O)C1=C(C)N=c2s/c(=C/c3ccc(OC)cc3)c(=O)n2[C@H]1c1ccccc1Cl. The van der Waals surface area contributed by atoms with Crippen LogP contribution in [0.1, 0.15) is 31.0 Å². The van der Waals surface area contributed by atoms with E-state index in [1.165, 1.54) is 15.9 Å². The Balaban J connectivity index is 1.94. The van der Waals surface area contributed by atoms with Gasteiger partial charge >= 0.3 is 5.97 Å². The van der Waals surface area contributed by atoms with E-state index in [-0.39, 0.29) is 12.2 Å². The molecule has 8 heteroatoms. The molecule has 0 N–H and O–H groups in total. The number of nitrogens with zero attached hydrogens (tertiary/aromatic N) is 2. The second kappa shape index (κ2) is 9.14. The van der Waals surface area contributed by atoms with Crippen LogP contribution in [-0.2, 0) is 9.53 Å². The van der Waals surface area contributed by atoms with Crippen LogP contribution in [0.15, 0.2) is 69.6 Å². The van der Waals surface area contributed by atoms with Gasteiger partial charge in [-0.25, -0.2) is 9.79 Å². The minimum absolute atomic E-state index is 0.215. The van der Waals surface area contributed by atoms with E-state index < -0.39 is 12.0 Å². The van der Waals surface area contributed by atoms with Crippen LogP contribution < -0.4 is 19.6 Å². The summed E-state index contributed by atoms with van der Waals surface area (Å²) in [5.41, 5.74) is 2.06. The van der Waals surface area contributed by atoms with Gasteiger partial charge in [0.05, 0.1) is 29.5 Å². The van der Waals surface area contributed by atoms with Crippen molar-refractivity contribution in [3.05, 3.63) is 95.6 Å². The van der Waals surface area contributed by atoms with E-state index >= 15 is 0 Å². The van der Waals surface area contributed by atoms with Crippen molar-refractivity contribution in [2.24, 2.45) is 4.99 Å². The van der Waals surface area contributed by atoms with Gasteiger partial charge < -0.3 is 9.47 Å². The Kier molecular flexibility index (Phi) is 6.30. The molecule has 4 rings (SSSR count). The lowest BCUT2D eigenvalue weighted by atomic mass is 9.96. The van der Waals surface area contributed by atoms with Crippen molar-refractivity contribution in [3.8, 4) is 5.75 Å². The molecule has 2 heterocycles. The maximum atomic E-state index is 13.5. The average Bonchev–Trinajstić information content (AvgIpc) is 3.08. The van der Waals surface area contributed by atoms with Gasteiger partial charge in [0.1, 0.15) is 11.8 Å². The van der Waals surface area contributed by atoms with Crippen molar-refractivity contribution < 1.29 is 14.3 Å². The molecule has 0 unspecified atom stereocenters. The molecule has 1 aromatic heterocycles. The van der Waals surface area contributed by atoms with Gasteiger partial charge in [-0.3, -0.25) is 9.36 Å². The summed E-state index contributed by atoms with van der Waals surface area (Å²) in [7, 11) is 1.60. The number of ether oxygens (including phenoxy) is 2. The summed E-state index contributed by atoms with van der Waals surface area (Å²) in [6, 6.07) is 13.9. The van der Waals surface area contributed by atoms with Crippen LogP contribution in [-0.4, -0.2) is 24.3 Å². The van der Waals surface area contributed by atoms with Crippen molar-refractivity contribution in [1.29, 1.82) is 0 Å². The van der Waals surface area contributed by atoms with Crippen LogP contribution in [0.2, 0.25) is 5.02 Å². The van der Waals surface area contributed by atoms with Gasteiger partial charge in [0.25, 0.3) is 5.56 Å². The van der Waals surface area contributed by atoms with Crippen LogP contribution in [0, 0.1) is 0 Å². The molecule has 164 valence electrons. The minimum Gasteiger partial charge on any atom is -0.497 e. The third-order valence-corrected chi connectivity index (χ3v) is 6.46. The van der Waals surface area contributed by atoms with E-state index in [4.69, 9.17) is 21.1 Å². The summed E-state index contributed by atoms with van der Waals surface area (Å²) in [5.74, 6) is 0.222. The largest absolute Gasteiger partial charge is 0.497 e. The van der Waals surface area contributed by atoms with E-state index in [0.29, 0.717) is 31.2 Å². The Morgan fingerprint density at radius 1 is 1.22 bits per heavy atom. The lowest BCUT2D eigenvalue weighted by molar-refractivity contribution is -0.139. The molecule has 2 aromatic carbocycles. The van der Waals surface area contributed by atoms with Crippen molar-refractivity contribution in [1.82, 2.24) is 4.57 Å². The number of rotatable bonds is 5. The van der Waals surface area contributed by atoms with Gasteiger partial charge in [0, 0.05) is 5.02 Å². The predicted octanol–water partition coefficient (Wildman–Crippen LogP) is 3.46. The molecule has 0 spiro atoms. The molecule has 6 nitrogen and oxygen atoms in total. The molecule has 0 radical (unpaired) electrons. The topological polar surface area (TPSA) is 69.9 Å². The number of esters is 1. The molecular weight excluding hydrogens is 448 g/mol. The number of allylic oxidation sites excluding steroid dienone is 1. The maximum absolute atomic E-state index is 13.5. The predicted molar refractivity (Wildman–Crippen MR) is 125 cm³/mol. The molecule has 1 aliphatic heterocycles.